The quantitative estimate of drug-likeness (QED) is 0.149. The van der Waals surface area contributed by atoms with Crippen LogP contribution in [0.15, 0.2) is 146 Å². The molecule has 6 aromatic rings. The smallest absolute Gasteiger partial charge is 0.171 e. The highest BCUT2D eigenvalue weighted by atomic mass is 31.2. The van der Waals surface area contributed by atoms with Crippen molar-refractivity contribution in [2.75, 3.05) is 0 Å². The summed E-state index contributed by atoms with van der Waals surface area (Å²) in [7, 11) is -6.18. The average molecular weight is 693 g/mol. The van der Waals surface area contributed by atoms with Crippen molar-refractivity contribution in [2.45, 2.75) is 65.2 Å². The molecule has 0 N–H and O–H groups in total. The zero-order valence-electron chi connectivity index (χ0n) is 29.6. The largest absolute Gasteiger partial charge is 0.309 e. The summed E-state index contributed by atoms with van der Waals surface area (Å²) in [5.41, 5.74) is 6.96. The van der Waals surface area contributed by atoms with E-state index < -0.39 is 14.3 Å². The molecular formula is C46H46O2P2. The zero-order chi connectivity index (χ0) is 34.9. The number of rotatable bonds is 8. The minimum atomic E-state index is -3.09. The van der Waals surface area contributed by atoms with Gasteiger partial charge in [0, 0.05) is 37.2 Å². The summed E-state index contributed by atoms with van der Waals surface area (Å²) in [6.07, 6.45) is 5.63. The van der Waals surface area contributed by atoms with E-state index in [0.29, 0.717) is 0 Å². The van der Waals surface area contributed by atoms with E-state index in [4.69, 9.17) is 0 Å². The minimum Gasteiger partial charge on any atom is -0.309 e. The van der Waals surface area contributed by atoms with E-state index in [-0.39, 0.29) is 5.41 Å². The Morgan fingerprint density at radius 3 is 0.800 bits per heavy atom. The molecule has 0 radical (unpaired) electrons. The lowest BCUT2D eigenvalue weighted by Crippen LogP contribution is -2.32. The predicted molar refractivity (Wildman–Crippen MR) is 214 cm³/mol. The van der Waals surface area contributed by atoms with Gasteiger partial charge in [-0.25, -0.2) is 0 Å². The maximum atomic E-state index is 15.3. The molecule has 0 unspecified atom stereocenters. The van der Waals surface area contributed by atoms with Crippen molar-refractivity contribution in [3.63, 3.8) is 0 Å². The van der Waals surface area contributed by atoms with Gasteiger partial charge in [-0.2, -0.15) is 0 Å². The molecule has 252 valence electrons. The minimum absolute atomic E-state index is 0.162. The van der Waals surface area contributed by atoms with E-state index in [2.05, 4.69) is 125 Å². The Labute approximate surface area is 298 Å². The van der Waals surface area contributed by atoms with Crippen LogP contribution in [-0.4, -0.2) is 0 Å². The second kappa shape index (κ2) is 13.8. The molecule has 1 saturated carbocycles. The van der Waals surface area contributed by atoms with E-state index in [1.54, 1.807) is 0 Å². The van der Waals surface area contributed by atoms with Crippen LogP contribution in [0.2, 0.25) is 0 Å². The molecule has 1 aliphatic rings. The molecule has 6 aromatic carbocycles. The van der Waals surface area contributed by atoms with Crippen molar-refractivity contribution in [3.8, 4) is 0 Å². The zero-order valence-corrected chi connectivity index (χ0v) is 31.4. The summed E-state index contributed by atoms with van der Waals surface area (Å²) in [5, 5.41) is 5.13. The molecule has 0 bridgehead atoms. The maximum absolute atomic E-state index is 15.3. The summed E-state index contributed by atoms with van der Waals surface area (Å²) >= 11 is 0. The first-order chi connectivity index (χ1) is 24.1. The predicted octanol–water partition coefficient (Wildman–Crippen LogP) is 9.45. The monoisotopic (exact) mass is 692 g/mol. The third kappa shape index (κ3) is 6.19. The number of aryl methyl sites for hydroxylation is 4. The molecule has 4 heteroatoms. The normalized spacial score (nSPS) is 14.7. The Balaban J connectivity index is 1.30. The van der Waals surface area contributed by atoms with Gasteiger partial charge in [0.1, 0.15) is 0 Å². The molecule has 0 saturated heterocycles. The van der Waals surface area contributed by atoms with Crippen LogP contribution in [0.4, 0.5) is 0 Å². The van der Waals surface area contributed by atoms with E-state index >= 15 is 9.13 Å². The Hall–Kier alpha value is -4.22. The number of hydrogen-bond acceptors (Lipinski definition) is 2. The number of hydrogen-bond donors (Lipinski definition) is 0. The van der Waals surface area contributed by atoms with Crippen LogP contribution in [0, 0.1) is 27.7 Å². The lowest BCUT2D eigenvalue weighted by Gasteiger charge is -2.39. The third-order valence-corrected chi connectivity index (χ3v) is 17.0. The fraction of sp³-hybridized carbons (Fsp3) is 0.217. The Morgan fingerprint density at radius 1 is 0.340 bits per heavy atom. The van der Waals surface area contributed by atoms with Crippen molar-refractivity contribution >= 4 is 46.1 Å². The molecule has 0 atom stereocenters. The topological polar surface area (TPSA) is 34.1 Å². The molecule has 7 rings (SSSR count). The van der Waals surface area contributed by atoms with Gasteiger partial charge in [0.25, 0.3) is 0 Å². The molecule has 0 aliphatic heterocycles. The van der Waals surface area contributed by atoms with Crippen LogP contribution in [-0.2, 0) is 14.5 Å². The van der Waals surface area contributed by atoms with Gasteiger partial charge >= 0.3 is 0 Å². The Bertz CT molecular complexity index is 1920. The Kier molecular flexibility index (Phi) is 9.47. The van der Waals surface area contributed by atoms with E-state index in [1.165, 1.54) is 17.5 Å². The Morgan fingerprint density at radius 2 is 0.560 bits per heavy atom. The molecular weight excluding hydrogens is 646 g/mol. The van der Waals surface area contributed by atoms with Gasteiger partial charge in [-0.05, 0) is 51.7 Å². The van der Waals surface area contributed by atoms with E-state index in [0.717, 1.165) is 79.8 Å². The van der Waals surface area contributed by atoms with Crippen LogP contribution in [0.1, 0.15) is 65.5 Å². The standard InChI is InChI=1S/C46H46O2P2/c1-34-8-20-40(21-9-34)49(47,41-22-10-35(2)11-23-41)44-28-16-38(17-29-44)46(32-6-5-7-33-46)39-18-30-45(31-19-39)50(48,42-24-12-36(3)13-25-42)43-26-14-37(4)15-27-43/h8-31H,5-7,32-33H2,1-4H3. The summed E-state index contributed by atoms with van der Waals surface area (Å²) < 4.78 is 30.5. The fourth-order valence-corrected chi connectivity index (χ4v) is 13.0. The van der Waals surface area contributed by atoms with Crippen molar-refractivity contribution in [3.05, 3.63) is 179 Å². The molecule has 2 nitrogen and oxygen atoms in total. The summed E-state index contributed by atoms with van der Waals surface area (Å²) in [5.74, 6) is 0. The number of benzene rings is 6. The molecule has 0 amide bonds. The van der Waals surface area contributed by atoms with Gasteiger partial charge in [0.2, 0.25) is 0 Å². The first-order valence-electron chi connectivity index (χ1n) is 17.8. The van der Waals surface area contributed by atoms with Crippen LogP contribution in [0.25, 0.3) is 0 Å². The van der Waals surface area contributed by atoms with Crippen molar-refractivity contribution in [1.29, 1.82) is 0 Å². The van der Waals surface area contributed by atoms with Crippen molar-refractivity contribution in [2.24, 2.45) is 0 Å². The lowest BCUT2D eigenvalue weighted by atomic mass is 9.65. The molecule has 0 heterocycles. The van der Waals surface area contributed by atoms with Crippen LogP contribution >= 0.6 is 14.3 Å². The highest BCUT2D eigenvalue weighted by Gasteiger charge is 2.38. The molecule has 0 aromatic heterocycles. The highest BCUT2D eigenvalue weighted by molar-refractivity contribution is 7.85. The van der Waals surface area contributed by atoms with Gasteiger partial charge in [0.05, 0.1) is 0 Å². The molecule has 1 aliphatic carbocycles. The molecule has 50 heavy (non-hydrogen) atoms. The first-order valence-corrected chi connectivity index (χ1v) is 21.3. The summed E-state index contributed by atoms with van der Waals surface area (Å²) in [4.78, 5) is 0. The highest BCUT2D eigenvalue weighted by Crippen LogP contribution is 2.48. The van der Waals surface area contributed by atoms with E-state index in [1.807, 2.05) is 48.5 Å². The van der Waals surface area contributed by atoms with Crippen molar-refractivity contribution < 1.29 is 9.13 Å². The molecule has 0 spiro atoms. The fourth-order valence-electron chi connectivity index (χ4n) is 7.79. The van der Waals surface area contributed by atoms with E-state index in [9.17, 15) is 0 Å². The summed E-state index contributed by atoms with van der Waals surface area (Å²) in [6.45, 7) is 8.26. The van der Waals surface area contributed by atoms with Gasteiger partial charge in [-0.3, -0.25) is 0 Å². The van der Waals surface area contributed by atoms with Crippen LogP contribution in [0.5, 0.6) is 0 Å². The summed E-state index contributed by atoms with van der Waals surface area (Å²) in [6, 6.07) is 50.1. The van der Waals surface area contributed by atoms with Gasteiger partial charge in [-0.1, -0.05) is 187 Å². The second-order valence-electron chi connectivity index (χ2n) is 14.3. The second-order valence-corrected chi connectivity index (χ2v) is 19.8. The third-order valence-electron chi connectivity index (χ3n) is 10.9. The van der Waals surface area contributed by atoms with Gasteiger partial charge in [-0.15, -0.1) is 0 Å². The first kappa shape index (κ1) is 34.2. The molecule has 1 fully saturated rings. The van der Waals surface area contributed by atoms with Gasteiger partial charge < -0.3 is 9.13 Å². The average Bonchev–Trinajstić information content (AvgIpc) is 3.16. The van der Waals surface area contributed by atoms with Crippen molar-refractivity contribution in [1.82, 2.24) is 0 Å². The maximum Gasteiger partial charge on any atom is 0.171 e. The SMILES string of the molecule is Cc1ccc(P(=O)(c2ccc(C)cc2)c2ccc(C3(c4ccc(P(=O)(c5ccc(C)cc5)c5ccc(C)cc5)cc4)CCCCC3)cc2)cc1. The van der Waals surface area contributed by atoms with Gasteiger partial charge in [0.15, 0.2) is 14.3 Å². The van der Waals surface area contributed by atoms with Crippen LogP contribution in [0.3, 0.4) is 0 Å². The lowest BCUT2D eigenvalue weighted by molar-refractivity contribution is 0.346. The van der Waals surface area contributed by atoms with Crippen LogP contribution < -0.4 is 31.8 Å².